The van der Waals surface area contributed by atoms with Crippen LogP contribution in [-0.2, 0) is 4.79 Å². The number of nitrogens with one attached hydrogen (secondary N) is 2. The molecule has 0 unspecified atom stereocenters. The van der Waals surface area contributed by atoms with Crippen molar-refractivity contribution >= 4 is 55.4 Å². The number of fused-ring (bicyclic) bond motifs is 2. The Kier molecular flexibility index (Phi) is 5.21. The first-order valence-electron chi connectivity index (χ1n) is 10.9. The Morgan fingerprint density at radius 3 is 2.88 bits per heavy atom. The van der Waals surface area contributed by atoms with Crippen molar-refractivity contribution in [2.45, 2.75) is 33.6 Å². The fourth-order valence-corrected chi connectivity index (χ4v) is 4.82. The summed E-state index contributed by atoms with van der Waals surface area (Å²) in [5.41, 5.74) is 8.11. The summed E-state index contributed by atoms with van der Waals surface area (Å²) in [6, 6.07) is 10.4. The van der Waals surface area contributed by atoms with Gasteiger partial charge < -0.3 is 15.2 Å². The number of nitrogens with zero attached hydrogens (tertiary/aromatic N) is 3. The van der Waals surface area contributed by atoms with Crippen LogP contribution in [0.5, 0.6) is 0 Å². The van der Waals surface area contributed by atoms with Crippen molar-refractivity contribution in [1.29, 1.82) is 0 Å². The molecule has 4 aromatic rings. The number of carbonyl (C=O) groups is 1. The number of carbonyl (C=O) groups excluding carboxylic acids is 1. The minimum Gasteiger partial charge on any atom is -0.355 e. The predicted octanol–water partition coefficient (Wildman–Crippen LogP) is 5.97. The highest BCUT2D eigenvalue weighted by Crippen LogP contribution is 2.32. The highest BCUT2D eigenvalue weighted by atomic mass is 32.1. The van der Waals surface area contributed by atoms with Gasteiger partial charge in [0, 0.05) is 42.5 Å². The second-order valence-electron chi connectivity index (χ2n) is 9.52. The number of hydrogen-bond donors (Lipinski definition) is 2. The molecule has 0 saturated heterocycles. The van der Waals surface area contributed by atoms with Crippen molar-refractivity contribution in [3.63, 3.8) is 0 Å². The maximum atomic E-state index is 12.5. The zero-order valence-electron chi connectivity index (χ0n) is 18.6. The Labute approximate surface area is 191 Å². The Balaban J connectivity index is 1.37. The average molecular weight is 446 g/mol. The third-order valence-corrected chi connectivity index (χ3v) is 6.52. The van der Waals surface area contributed by atoms with Gasteiger partial charge in [0.2, 0.25) is 5.91 Å². The number of hydrogen-bond acceptors (Lipinski definition) is 5. The molecule has 1 aromatic carbocycles. The summed E-state index contributed by atoms with van der Waals surface area (Å²) < 4.78 is 1.16. The minimum atomic E-state index is 0.0118. The van der Waals surface area contributed by atoms with Crippen LogP contribution < -0.4 is 5.32 Å². The number of H-pyrrole nitrogens is 1. The molecule has 0 radical (unpaired) electrons. The maximum absolute atomic E-state index is 12.5. The van der Waals surface area contributed by atoms with Gasteiger partial charge in [0.05, 0.1) is 21.4 Å². The van der Waals surface area contributed by atoms with Crippen molar-refractivity contribution in [2.24, 2.45) is 5.41 Å². The van der Waals surface area contributed by atoms with Gasteiger partial charge in [0.1, 0.15) is 5.65 Å². The third kappa shape index (κ3) is 4.25. The lowest BCUT2D eigenvalue weighted by Crippen LogP contribution is -2.36. The van der Waals surface area contributed by atoms with Crippen molar-refractivity contribution in [3.05, 3.63) is 53.8 Å². The summed E-state index contributed by atoms with van der Waals surface area (Å²) in [5.74, 6) is 0.232. The van der Waals surface area contributed by atoms with E-state index in [2.05, 4.69) is 65.3 Å². The summed E-state index contributed by atoms with van der Waals surface area (Å²) in [4.78, 5) is 26.9. The Morgan fingerprint density at radius 1 is 1.22 bits per heavy atom. The molecule has 5 rings (SSSR count). The number of pyridine rings is 1. The number of anilines is 2. The molecule has 3 aromatic heterocycles. The van der Waals surface area contributed by atoms with E-state index in [1.807, 2.05) is 28.7 Å². The molecule has 0 aliphatic carbocycles. The van der Waals surface area contributed by atoms with Crippen LogP contribution in [0, 0.1) is 5.41 Å². The summed E-state index contributed by atoms with van der Waals surface area (Å²) in [7, 11) is 0. The van der Waals surface area contributed by atoms with Gasteiger partial charge in [0.25, 0.3) is 0 Å². The van der Waals surface area contributed by atoms with Crippen LogP contribution in [0.4, 0.5) is 11.4 Å². The van der Waals surface area contributed by atoms with Crippen molar-refractivity contribution in [1.82, 2.24) is 19.9 Å². The predicted molar refractivity (Wildman–Crippen MR) is 132 cm³/mol. The van der Waals surface area contributed by atoms with E-state index in [1.165, 1.54) is 5.57 Å². The van der Waals surface area contributed by atoms with E-state index in [1.54, 1.807) is 11.3 Å². The molecule has 0 bridgehead atoms. The summed E-state index contributed by atoms with van der Waals surface area (Å²) >= 11 is 1.64. The van der Waals surface area contributed by atoms with E-state index in [-0.39, 0.29) is 11.3 Å². The second kappa shape index (κ2) is 8.06. The largest absolute Gasteiger partial charge is 0.355 e. The van der Waals surface area contributed by atoms with E-state index in [0.717, 1.165) is 51.3 Å². The van der Waals surface area contributed by atoms with Crippen LogP contribution in [0.25, 0.3) is 26.8 Å². The number of rotatable bonds is 4. The zero-order valence-corrected chi connectivity index (χ0v) is 19.4. The first kappa shape index (κ1) is 20.7. The molecule has 0 atom stereocenters. The van der Waals surface area contributed by atoms with Crippen LogP contribution in [0.3, 0.4) is 0 Å². The zero-order chi connectivity index (χ0) is 22.3. The van der Waals surface area contributed by atoms with Crippen LogP contribution in [0.2, 0.25) is 0 Å². The SMILES string of the molecule is CC(C)(C)CC(=O)N1CC=C(c2cc3c(Nc4ccc5ncsc5c4)ccnc3[nH]2)CC1. The first-order chi connectivity index (χ1) is 15.4. The van der Waals surface area contributed by atoms with Gasteiger partial charge in [-0.3, -0.25) is 4.79 Å². The lowest BCUT2D eigenvalue weighted by atomic mass is 9.91. The maximum Gasteiger partial charge on any atom is 0.223 e. The Morgan fingerprint density at radius 2 is 2.09 bits per heavy atom. The van der Waals surface area contributed by atoms with Gasteiger partial charge in [-0.05, 0) is 47.7 Å². The van der Waals surface area contributed by atoms with Crippen molar-refractivity contribution in [3.8, 4) is 0 Å². The highest BCUT2D eigenvalue weighted by Gasteiger charge is 2.23. The van der Waals surface area contributed by atoms with Crippen LogP contribution in [-0.4, -0.2) is 38.8 Å². The van der Waals surface area contributed by atoms with Gasteiger partial charge in [-0.1, -0.05) is 26.8 Å². The van der Waals surface area contributed by atoms with Gasteiger partial charge in [0.15, 0.2) is 0 Å². The van der Waals surface area contributed by atoms with E-state index in [4.69, 9.17) is 0 Å². The quantitative estimate of drug-likeness (QED) is 0.406. The van der Waals surface area contributed by atoms with E-state index in [9.17, 15) is 4.79 Å². The summed E-state index contributed by atoms with van der Waals surface area (Å²) in [6.45, 7) is 7.73. The molecule has 0 spiro atoms. The lowest BCUT2D eigenvalue weighted by Gasteiger charge is -2.29. The monoisotopic (exact) mass is 445 g/mol. The van der Waals surface area contributed by atoms with E-state index >= 15 is 0 Å². The minimum absolute atomic E-state index is 0.0118. The Bertz CT molecular complexity index is 1330. The number of aromatic nitrogens is 3. The van der Waals surface area contributed by atoms with Crippen LogP contribution in [0.15, 0.2) is 48.1 Å². The molecule has 7 heteroatoms. The van der Waals surface area contributed by atoms with Gasteiger partial charge >= 0.3 is 0 Å². The molecule has 0 saturated carbocycles. The summed E-state index contributed by atoms with van der Waals surface area (Å²) in [5, 5.41) is 4.59. The smallest absolute Gasteiger partial charge is 0.223 e. The fraction of sp³-hybridized carbons (Fsp3) is 0.320. The van der Waals surface area contributed by atoms with Gasteiger partial charge in [-0.15, -0.1) is 11.3 Å². The molecule has 0 fully saturated rings. The van der Waals surface area contributed by atoms with E-state index in [0.29, 0.717) is 13.0 Å². The third-order valence-electron chi connectivity index (χ3n) is 5.73. The van der Waals surface area contributed by atoms with Crippen molar-refractivity contribution < 1.29 is 4.79 Å². The highest BCUT2D eigenvalue weighted by molar-refractivity contribution is 7.16. The molecular formula is C25H27N5OS. The first-order valence-corrected chi connectivity index (χ1v) is 11.8. The molecule has 1 aliphatic heterocycles. The topological polar surface area (TPSA) is 73.9 Å². The van der Waals surface area contributed by atoms with Gasteiger partial charge in [-0.25, -0.2) is 9.97 Å². The number of aromatic amines is 1. The molecule has 32 heavy (non-hydrogen) atoms. The van der Waals surface area contributed by atoms with Crippen LogP contribution in [0.1, 0.15) is 39.3 Å². The van der Waals surface area contributed by atoms with Gasteiger partial charge in [-0.2, -0.15) is 0 Å². The second-order valence-corrected chi connectivity index (χ2v) is 10.4. The normalized spacial score (nSPS) is 14.7. The lowest BCUT2D eigenvalue weighted by molar-refractivity contribution is -0.132. The molecule has 164 valence electrons. The molecular weight excluding hydrogens is 418 g/mol. The molecule has 1 aliphatic rings. The standard InChI is InChI=1S/C25H27N5OS/c1-25(2,3)14-23(31)30-10-7-16(8-11-30)21-13-18-19(6-9-26-24(18)29-21)28-17-4-5-20-22(12-17)32-15-27-20/h4-7,9,12-13,15H,8,10-11,14H2,1-3H3,(H2,26,28,29). The number of thiazole rings is 1. The number of amides is 1. The van der Waals surface area contributed by atoms with Crippen LogP contribution >= 0.6 is 11.3 Å². The Hall–Kier alpha value is -3.19. The molecule has 4 heterocycles. The van der Waals surface area contributed by atoms with E-state index < -0.39 is 0 Å². The molecule has 6 nitrogen and oxygen atoms in total. The number of benzene rings is 1. The fourth-order valence-electron chi connectivity index (χ4n) is 4.10. The average Bonchev–Trinajstić information content (AvgIpc) is 3.40. The summed E-state index contributed by atoms with van der Waals surface area (Å²) in [6.07, 6.45) is 5.40. The van der Waals surface area contributed by atoms with Crippen molar-refractivity contribution in [2.75, 3.05) is 18.4 Å². The molecule has 2 N–H and O–H groups in total. The molecule has 1 amide bonds.